The number of rotatable bonds is 8. The highest BCUT2D eigenvalue weighted by atomic mass is 16.7. The zero-order valence-corrected chi connectivity index (χ0v) is 21.8. The minimum Gasteiger partial charge on any atom is -0.489 e. The molecule has 0 radical (unpaired) electrons. The van der Waals surface area contributed by atoms with Crippen molar-refractivity contribution >= 4 is 28.6 Å². The Hall–Kier alpha value is -4.15. The van der Waals surface area contributed by atoms with Crippen molar-refractivity contribution < 1.29 is 29.1 Å². The van der Waals surface area contributed by atoms with Crippen LogP contribution in [0.5, 0.6) is 5.75 Å². The van der Waals surface area contributed by atoms with Gasteiger partial charge in [-0.05, 0) is 75.7 Å². The molecule has 10 nitrogen and oxygen atoms in total. The molecule has 2 aromatic carbocycles. The highest BCUT2D eigenvalue weighted by molar-refractivity contribution is 5.85. The Morgan fingerprint density at radius 3 is 2.61 bits per heavy atom. The van der Waals surface area contributed by atoms with Gasteiger partial charge in [0, 0.05) is 23.1 Å². The van der Waals surface area contributed by atoms with E-state index in [4.69, 9.17) is 19.5 Å². The van der Waals surface area contributed by atoms with E-state index in [2.05, 4.69) is 15.8 Å². The predicted molar refractivity (Wildman–Crippen MR) is 141 cm³/mol. The van der Waals surface area contributed by atoms with Gasteiger partial charge in [0.05, 0.1) is 11.2 Å². The summed E-state index contributed by atoms with van der Waals surface area (Å²) < 4.78 is 11.2. The average molecular weight is 521 g/mol. The Morgan fingerprint density at radius 2 is 1.89 bits per heavy atom. The second kappa shape index (κ2) is 11.5. The molecule has 1 aliphatic heterocycles. The van der Waals surface area contributed by atoms with E-state index in [1.807, 2.05) is 61.5 Å². The van der Waals surface area contributed by atoms with E-state index in [9.17, 15) is 9.59 Å². The molecule has 0 fully saturated rings. The molecule has 2 heterocycles. The van der Waals surface area contributed by atoms with E-state index < -0.39 is 29.7 Å². The van der Waals surface area contributed by atoms with Crippen molar-refractivity contribution in [2.75, 3.05) is 0 Å². The number of nitrogens with one attached hydrogen (secondary N) is 3. The lowest BCUT2D eigenvalue weighted by atomic mass is 10.1. The van der Waals surface area contributed by atoms with Gasteiger partial charge in [0.1, 0.15) is 30.1 Å². The average Bonchev–Trinajstić information content (AvgIpc) is 3.34. The van der Waals surface area contributed by atoms with Gasteiger partial charge in [-0.1, -0.05) is 18.2 Å². The van der Waals surface area contributed by atoms with Gasteiger partial charge in [0.25, 0.3) is 5.91 Å². The number of para-hydroxylation sites is 1. The molecule has 10 heteroatoms. The van der Waals surface area contributed by atoms with E-state index in [-0.39, 0.29) is 6.42 Å². The van der Waals surface area contributed by atoms with Crippen molar-refractivity contribution in [3.63, 3.8) is 0 Å². The molecule has 3 aromatic rings. The monoisotopic (exact) mass is 520 g/mol. The highest BCUT2D eigenvalue weighted by Crippen LogP contribution is 2.25. The normalized spacial score (nSPS) is 15.8. The third-order valence-corrected chi connectivity index (χ3v) is 5.75. The Balaban J connectivity index is 1.38. The van der Waals surface area contributed by atoms with Crippen molar-refractivity contribution in [1.29, 1.82) is 0 Å². The largest absolute Gasteiger partial charge is 0.489 e. The van der Waals surface area contributed by atoms with Gasteiger partial charge in [-0.2, -0.15) is 0 Å². The number of fused-ring (bicyclic) bond motifs is 1. The second-order valence-corrected chi connectivity index (χ2v) is 10.0. The zero-order chi connectivity index (χ0) is 27.3. The summed E-state index contributed by atoms with van der Waals surface area (Å²) in [5.74, 6) is -0.0652. The number of benzene rings is 2. The second-order valence-electron chi connectivity index (χ2n) is 10.0. The molecule has 4 N–H and O–H groups in total. The van der Waals surface area contributed by atoms with Crippen LogP contribution in [-0.2, 0) is 21.0 Å². The van der Waals surface area contributed by atoms with Crippen molar-refractivity contribution in [2.45, 2.75) is 58.5 Å². The van der Waals surface area contributed by atoms with Crippen LogP contribution < -0.4 is 21.0 Å². The van der Waals surface area contributed by atoms with Crippen LogP contribution in [0.4, 0.5) is 4.79 Å². The van der Waals surface area contributed by atoms with Crippen LogP contribution in [0.1, 0.15) is 44.0 Å². The minimum atomic E-state index is -1.07. The number of hydroxylamine groups is 2. The molecule has 2 unspecified atom stereocenters. The zero-order valence-electron chi connectivity index (χ0n) is 21.8. The molecule has 0 aliphatic carbocycles. The summed E-state index contributed by atoms with van der Waals surface area (Å²) in [7, 11) is 0. The number of aryl methyl sites for hydroxylation is 1. The van der Waals surface area contributed by atoms with Crippen LogP contribution in [0.25, 0.3) is 16.6 Å². The highest BCUT2D eigenvalue weighted by Gasteiger charge is 2.29. The summed E-state index contributed by atoms with van der Waals surface area (Å²) in [4.78, 5) is 34.4. The quantitative estimate of drug-likeness (QED) is 0.257. The first kappa shape index (κ1) is 26.9. The summed E-state index contributed by atoms with van der Waals surface area (Å²) in [5.41, 5.74) is 8.20. The van der Waals surface area contributed by atoms with Gasteiger partial charge in [-0.25, -0.2) is 10.3 Å². The molecule has 0 saturated heterocycles. The summed E-state index contributed by atoms with van der Waals surface area (Å²) in [6, 6.07) is 16.5. The van der Waals surface area contributed by atoms with Crippen LogP contribution in [-0.4, -0.2) is 39.9 Å². The number of hydrogen-bond acceptors (Lipinski definition) is 8. The summed E-state index contributed by atoms with van der Waals surface area (Å²) in [5, 5.41) is 12.6. The first-order valence-corrected chi connectivity index (χ1v) is 12.3. The predicted octanol–water partition coefficient (Wildman–Crippen LogP) is 4.16. The molecule has 1 aliphatic rings. The maximum absolute atomic E-state index is 12.1. The van der Waals surface area contributed by atoms with Crippen LogP contribution >= 0.6 is 0 Å². The molecule has 2 atom stereocenters. The Bertz CT molecular complexity index is 1330. The Morgan fingerprint density at radius 1 is 1.16 bits per heavy atom. The standard InChI is InChI=1S/C28H32N4O6/c1-17-13-19(22-7-5-6-8-23(22)29-17)16-36-20-11-9-18(10-12-20)24-14-21(38-32-24)15-25(26(33)31-35)30-27(34)37-28(2,3)4/h5-14,21,25,32,35H,15-16H2,1-4H3,(H,30,34)(H,31,33). The van der Waals surface area contributed by atoms with E-state index in [1.165, 1.54) is 0 Å². The topological polar surface area (TPSA) is 131 Å². The van der Waals surface area contributed by atoms with Gasteiger partial charge in [-0.15, -0.1) is 0 Å². The summed E-state index contributed by atoms with van der Waals surface area (Å²) in [6.45, 7) is 7.52. The lowest BCUT2D eigenvalue weighted by Gasteiger charge is -2.23. The van der Waals surface area contributed by atoms with E-state index >= 15 is 0 Å². The lowest BCUT2D eigenvalue weighted by Crippen LogP contribution is -2.49. The number of ether oxygens (including phenoxy) is 2. The van der Waals surface area contributed by atoms with Gasteiger partial charge >= 0.3 is 6.09 Å². The van der Waals surface area contributed by atoms with E-state index in [0.717, 1.165) is 27.7 Å². The number of pyridine rings is 1. The van der Waals surface area contributed by atoms with Crippen LogP contribution in [0.2, 0.25) is 0 Å². The summed E-state index contributed by atoms with van der Waals surface area (Å²) in [6.07, 6.45) is 0.562. The van der Waals surface area contributed by atoms with Gasteiger partial charge in [0.2, 0.25) is 0 Å². The Kier molecular flexibility index (Phi) is 8.13. The van der Waals surface area contributed by atoms with Crippen LogP contribution in [0.3, 0.4) is 0 Å². The van der Waals surface area contributed by atoms with Crippen molar-refractivity contribution in [3.05, 3.63) is 77.5 Å². The maximum atomic E-state index is 12.1. The fourth-order valence-corrected chi connectivity index (χ4v) is 4.06. The fraction of sp³-hybridized carbons (Fsp3) is 0.321. The SMILES string of the molecule is Cc1cc(COc2ccc(C3=CC(CC(NC(=O)OC(C)(C)C)C(=O)NO)ON3)cc2)c2ccccc2n1. The number of aromatic nitrogens is 1. The van der Waals surface area contributed by atoms with E-state index in [0.29, 0.717) is 18.1 Å². The number of alkyl carbamates (subject to hydrolysis) is 1. The summed E-state index contributed by atoms with van der Waals surface area (Å²) >= 11 is 0. The van der Waals surface area contributed by atoms with Crippen molar-refractivity contribution in [2.24, 2.45) is 0 Å². The lowest BCUT2D eigenvalue weighted by molar-refractivity contribution is -0.132. The van der Waals surface area contributed by atoms with Crippen molar-refractivity contribution in [3.8, 4) is 5.75 Å². The minimum absolute atomic E-state index is 0.0721. The molecule has 38 heavy (non-hydrogen) atoms. The smallest absolute Gasteiger partial charge is 0.408 e. The van der Waals surface area contributed by atoms with Crippen LogP contribution in [0.15, 0.2) is 60.7 Å². The third-order valence-electron chi connectivity index (χ3n) is 5.75. The van der Waals surface area contributed by atoms with Gasteiger partial charge < -0.3 is 14.8 Å². The van der Waals surface area contributed by atoms with Crippen LogP contribution in [0, 0.1) is 6.92 Å². The van der Waals surface area contributed by atoms with Gasteiger partial charge in [-0.3, -0.25) is 25.3 Å². The number of amides is 2. The maximum Gasteiger partial charge on any atom is 0.408 e. The molecular weight excluding hydrogens is 488 g/mol. The van der Waals surface area contributed by atoms with E-state index in [1.54, 1.807) is 32.3 Å². The molecule has 200 valence electrons. The molecular formula is C28H32N4O6. The number of carbonyl (C=O) groups excluding carboxylic acids is 2. The fourth-order valence-electron chi connectivity index (χ4n) is 4.06. The first-order chi connectivity index (χ1) is 18.1. The molecule has 0 bridgehead atoms. The third kappa shape index (κ3) is 6.99. The molecule has 2 amide bonds. The number of carbonyl (C=O) groups is 2. The molecule has 4 rings (SSSR count). The number of hydrogen-bond donors (Lipinski definition) is 4. The molecule has 1 aromatic heterocycles. The van der Waals surface area contributed by atoms with Gasteiger partial charge in [0.15, 0.2) is 0 Å². The molecule has 0 spiro atoms. The molecule has 0 saturated carbocycles. The Labute approximate surface area is 220 Å². The van der Waals surface area contributed by atoms with Crippen molar-refractivity contribution in [1.82, 2.24) is 21.3 Å². The number of nitrogens with zero attached hydrogens (tertiary/aromatic N) is 1. The first-order valence-electron chi connectivity index (χ1n) is 12.3.